The fraction of sp³-hybridized carbons (Fsp3) is 0.400. The summed E-state index contributed by atoms with van der Waals surface area (Å²) in [6.07, 6.45) is 1.27. The van der Waals surface area contributed by atoms with E-state index in [0.717, 1.165) is 10.2 Å². The first-order chi connectivity index (χ1) is 15.0. The number of nitrogens with zero attached hydrogens (tertiary/aromatic N) is 3. The number of hydrogen-bond donors (Lipinski definition) is 0. The maximum Gasteiger partial charge on any atom is 0.252 e. The largest absolute Gasteiger partial charge is 0.454 e. The third-order valence-electron chi connectivity index (χ3n) is 5.52. The van der Waals surface area contributed by atoms with E-state index >= 15 is 0 Å². The van der Waals surface area contributed by atoms with E-state index in [1.165, 1.54) is 27.0 Å². The van der Waals surface area contributed by atoms with E-state index in [4.69, 9.17) is 9.47 Å². The molecule has 11 heteroatoms. The van der Waals surface area contributed by atoms with Gasteiger partial charge in [0.15, 0.2) is 16.3 Å². The number of aromatic nitrogens is 1. The minimum Gasteiger partial charge on any atom is -0.454 e. The number of thiophene rings is 1. The van der Waals surface area contributed by atoms with E-state index < -0.39 is 15.9 Å². The zero-order valence-electron chi connectivity index (χ0n) is 16.8. The Hall–Kier alpha value is -2.21. The number of sulfonamides is 1. The predicted molar refractivity (Wildman–Crippen MR) is 118 cm³/mol. The third kappa shape index (κ3) is 3.69. The van der Waals surface area contributed by atoms with Gasteiger partial charge >= 0.3 is 0 Å². The summed E-state index contributed by atoms with van der Waals surface area (Å²) in [7, 11) is -3.57. The van der Waals surface area contributed by atoms with Crippen LogP contribution in [-0.4, -0.2) is 43.1 Å². The van der Waals surface area contributed by atoms with Crippen LogP contribution in [0, 0.1) is 5.92 Å². The van der Waals surface area contributed by atoms with Crippen molar-refractivity contribution in [2.24, 2.45) is 10.9 Å². The Bertz CT molecular complexity index is 1310. The molecule has 3 aromatic rings. The summed E-state index contributed by atoms with van der Waals surface area (Å²) in [6, 6.07) is 7.14. The van der Waals surface area contributed by atoms with Gasteiger partial charge in [0.05, 0.1) is 16.1 Å². The van der Waals surface area contributed by atoms with Gasteiger partial charge in [0.1, 0.15) is 4.21 Å². The van der Waals surface area contributed by atoms with Gasteiger partial charge in [-0.3, -0.25) is 4.79 Å². The highest BCUT2D eigenvalue weighted by molar-refractivity contribution is 7.91. The molecular weight excluding hydrogens is 458 g/mol. The van der Waals surface area contributed by atoms with Crippen LogP contribution in [0.5, 0.6) is 11.5 Å². The highest BCUT2D eigenvalue weighted by Crippen LogP contribution is 2.37. The van der Waals surface area contributed by atoms with Crippen molar-refractivity contribution in [1.29, 1.82) is 0 Å². The van der Waals surface area contributed by atoms with E-state index in [-0.39, 0.29) is 19.2 Å². The second kappa shape index (κ2) is 8.05. The van der Waals surface area contributed by atoms with Crippen LogP contribution in [0.1, 0.15) is 19.8 Å². The van der Waals surface area contributed by atoms with Crippen LogP contribution < -0.4 is 14.3 Å². The number of rotatable bonds is 4. The minimum absolute atomic E-state index is 0.162. The summed E-state index contributed by atoms with van der Waals surface area (Å²) in [5.74, 6) is 0.652. The molecule has 2 aliphatic rings. The van der Waals surface area contributed by atoms with Crippen molar-refractivity contribution in [3.63, 3.8) is 0 Å². The number of amides is 1. The summed E-state index contributed by atoms with van der Waals surface area (Å²) < 4.78 is 41.3. The van der Waals surface area contributed by atoms with E-state index in [1.807, 2.05) is 23.6 Å². The Morgan fingerprint density at radius 1 is 1.29 bits per heavy atom. The van der Waals surface area contributed by atoms with Crippen LogP contribution in [0.3, 0.4) is 0 Å². The van der Waals surface area contributed by atoms with Gasteiger partial charge in [-0.1, -0.05) is 17.4 Å². The van der Waals surface area contributed by atoms with Gasteiger partial charge in [-0.05, 0) is 31.2 Å². The van der Waals surface area contributed by atoms with Crippen molar-refractivity contribution >= 4 is 48.8 Å². The molecule has 0 radical (unpaired) electrons. The van der Waals surface area contributed by atoms with Crippen LogP contribution in [0.25, 0.3) is 10.2 Å². The van der Waals surface area contributed by atoms with Gasteiger partial charge < -0.3 is 14.0 Å². The minimum atomic E-state index is -3.57. The van der Waals surface area contributed by atoms with Gasteiger partial charge in [0.25, 0.3) is 15.9 Å². The van der Waals surface area contributed by atoms with Crippen molar-refractivity contribution < 1.29 is 22.7 Å². The normalized spacial score (nSPS) is 19.9. The van der Waals surface area contributed by atoms with Gasteiger partial charge in [-0.15, -0.1) is 11.3 Å². The van der Waals surface area contributed by atoms with Crippen molar-refractivity contribution in [1.82, 2.24) is 8.87 Å². The van der Waals surface area contributed by atoms with Gasteiger partial charge in [-0.25, -0.2) is 8.42 Å². The molecule has 2 aliphatic heterocycles. The molecule has 1 aromatic carbocycles. The van der Waals surface area contributed by atoms with E-state index in [1.54, 1.807) is 17.5 Å². The van der Waals surface area contributed by atoms with Crippen LogP contribution in [0.15, 0.2) is 38.8 Å². The van der Waals surface area contributed by atoms with Gasteiger partial charge in [-0.2, -0.15) is 9.30 Å². The second-order valence-corrected chi connectivity index (χ2v) is 11.5. The lowest BCUT2D eigenvalue weighted by Gasteiger charge is -2.29. The maximum absolute atomic E-state index is 13.0. The number of hydrogen-bond acceptors (Lipinski definition) is 7. The highest BCUT2D eigenvalue weighted by Gasteiger charge is 2.34. The lowest BCUT2D eigenvalue weighted by atomic mass is 9.99. The van der Waals surface area contributed by atoms with Crippen LogP contribution in [0.4, 0.5) is 0 Å². The first-order valence-corrected chi connectivity index (χ1v) is 13.2. The Labute approximate surface area is 187 Å². The average molecular weight is 480 g/mol. The zero-order chi connectivity index (χ0) is 21.6. The van der Waals surface area contributed by atoms with Crippen molar-refractivity contribution in [2.45, 2.75) is 30.5 Å². The molecule has 0 bridgehead atoms. The molecule has 1 atom stereocenters. The summed E-state index contributed by atoms with van der Waals surface area (Å²) in [4.78, 5) is 18.0. The molecular formula is C20H21N3O5S3. The first-order valence-electron chi connectivity index (χ1n) is 10.0. The molecule has 1 saturated heterocycles. The topological polar surface area (TPSA) is 90.2 Å². The molecule has 0 saturated carbocycles. The molecule has 8 nitrogen and oxygen atoms in total. The SMILES string of the molecule is CCn1c(=NC(=O)C2CCCN(S(=O)(=O)c3cccs3)C2)sc2cc3c(cc21)OCO3. The molecule has 164 valence electrons. The monoisotopic (exact) mass is 479 g/mol. The fourth-order valence-corrected chi connectivity index (χ4v) is 7.71. The van der Waals surface area contributed by atoms with Crippen LogP contribution in [-0.2, 0) is 21.4 Å². The van der Waals surface area contributed by atoms with Crippen molar-refractivity contribution in [3.8, 4) is 11.5 Å². The quantitative estimate of drug-likeness (QED) is 0.574. The molecule has 1 fully saturated rings. The lowest BCUT2D eigenvalue weighted by molar-refractivity contribution is -0.122. The molecule has 0 aliphatic carbocycles. The molecule has 1 amide bonds. The number of fused-ring (bicyclic) bond motifs is 2. The number of piperidine rings is 1. The van der Waals surface area contributed by atoms with Gasteiger partial charge in [0, 0.05) is 31.8 Å². The van der Waals surface area contributed by atoms with E-state index in [9.17, 15) is 13.2 Å². The predicted octanol–water partition coefficient (Wildman–Crippen LogP) is 3.04. The molecule has 0 N–H and O–H groups in total. The number of ether oxygens (including phenoxy) is 2. The second-order valence-electron chi connectivity index (χ2n) is 7.39. The standard InChI is InChI=1S/C20H21N3O5S3/c1-2-23-14-9-15-16(28-12-27-15)10-17(14)30-20(23)21-19(24)13-5-3-7-22(11-13)31(25,26)18-6-4-8-29-18/h4,6,8-10,13H,2-3,5,7,11-12H2,1H3. The van der Waals surface area contributed by atoms with Crippen molar-refractivity contribution in [2.75, 3.05) is 19.9 Å². The Balaban J connectivity index is 1.44. The van der Waals surface area contributed by atoms with Crippen molar-refractivity contribution in [3.05, 3.63) is 34.4 Å². The van der Waals surface area contributed by atoms with E-state index in [2.05, 4.69) is 4.99 Å². The third-order valence-corrected chi connectivity index (χ3v) is 9.80. The first kappa shape index (κ1) is 20.7. The summed E-state index contributed by atoms with van der Waals surface area (Å²) in [5, 5.41) is 1.74. The molecule has 31 heavy (non-hydrogen) atoms. The molecule has 4 heterocycles. The zero-order valence-corrected chi connectivity index (χ0v) is 19.3. The lowest BCUT2D eigenvalue weighted by Crippen LogP contribution is -2.42. The molecule has 2 aromatic heterocycles. The molecule has 0 spiro atoms. The molecule has 5 rings (SSSR count). The number of thiazole rings is 1. The number of aryl methyl sites for hydroxylation is 1. The Morgan fingerprint density at radius 3 is 2.84 bits per heavy atom. The number of carbonyl (C=O) groups excluding carboxylic acids is 1. The van der Waals surface area contributed by atoms with Gasteiger partial charge in [0.2, 0.25) is 6.79 Å². The van der Waals surface area contributed by atoms with Crippen LogP contribution >= 0.6 is 22.7 Å². The number of carbonyl (C=O) groups is 1. The molecule has 1 unspecified atom stereocenters. The Morgan fingerprint density at radius 2 is 2.10 bits per heavy atom. The van der Waals surface area contributed by atoms with Crippen LogP contribution in [0.2, 0.25) is 0 Å². The summed E-state index contributed by atoms with van der Waals surface area (Å²) in [5.41, 5.74) is 0.939. The average Bonchev–Trinajstić information content (AvgIpc) is 3.51. The Kier molecular flexibility index (Phi) is 5.37. The maximum atomic E-state index is 13.0. The summed E-state index contributed by atoms with van der Waals surface area (Å²) in [6.45, 7) is 3.44. The van der Waals surface area contributed by atoms with E-state index in [0.29, 0.717) is 46.4 Å². The fourth-order valence-electron chi connectivity index (χ4n) is 3.94. The smallest absolute Gasteiger partial charge is 0.252 e. The highest BCUT2D eigenvalue weighted by atomic mass is 32.2. The number of benzene rings is 1. The summed E-state index contributed by atoms with van der Waals surface area (Å²) >= 11 is 2.61.